The molecule has 5 heteroatoms. The molecule has 1 amide bonds. The highest BCUT2D eigenvalue weighted by molar-refractivity contribution is 6.13. The van der Waals surface area contributed by atoms with E-state index >= 15 is 0 Å². The second kappa shape index (κ2) is 10.2. The van der Waals surface area contributed by atoms with Crippen LogP contribution in [0.25, 0.3) is 0 Å². The number of piperazine rings is 1. The van der Waals surface area contributed by atoms with Crippen LogP contribution in [-0.4, -0.2) is 54.2 Å². The Morgan fingerprint density at radius 3 is 2.00 bits per heavy atom. The van der Waals surface area contributed by atoms with Gasteiger partial charge in [0, 0.05) is 43.9 Å². The molecule has 3 aromatic rings. The Bertz CT molecular complexity index is 1010. The van der Waals surface area contributed by atoms with Gasteiger partial charge in [0.05, 0.1) is 12.2 Å². The van der Waals surface area contributed by atoms with Crippen molar-refractivity contribution < 1.29 is 9.59 Å². The summed E-state index contributed by atoms with van der Waals surface area (Å²) in [6.07, 6.45) is 0. The fourth-order valence-electron chi connectivity index (χ4n) is 3.88. The van der Waals surface area contributed by atoms with Crippen molar-refractivity contribution in [3.8, 4) is 0 Å². The predicted octanol–water partition coefficient (Wildman–Crippen LogP) is 3.67. The molecule has 0 atom stereocenters. The molecule has 5 nitrogen and oxygen atoms in total. The van der Waals surface area contributed by atoms with Crippen LogP contribution in [0, 0.1) is 0 Å². The third-order valence-corrected chi connectivity index (χ3v) is 5.56. The zero-order chi connectivity index (χ0) is 21.5. The van der Waals surface area contributed by atoms with E-state index in [9.17, 15) is 9.59 Å². The van der Waals surface area contributed by atoms with Crippen molar-refractivity contribution in [3.63, 3.8) is 0 Å². The lowest BCUT2D eigenvalue weighted by atomic mass is 10.0. The van der Waals surface area contributed by atoms with Gasteiger partial charge in [0.1, 0.15) is 0 Å². The Hall–Kier alpha value is -3.28. The monoisotopic (exact) mass is 413 g/mol. The van der Waals surface area contributed by atoms with Gasteiger partial charge in [-0.15, -0.1) is 0 Å². The minimum atomic E-state index is -0.0928. The number of carbonyl (C=O) groups excluding carboxylic acids is 2. The number of ketones is 1. The highest BCUT2D eigenvalue weighted by atomic mass is 16.2. The Labute approximate surface area is 183 Å². The molecule has 0 unspecified atom stereocenters. The molecular formula is C26H27N3O2. The molecule has 0 aliphatic carbocycles. The van der Waals surface area contributed by atoms with Gasteiger partial charge in [-0.25, -0.2) is 0 Å². The van der Waals surface area contributed by atoms with Gasteiger partial charge in [-0.2, -0.15) is 0 Å². The Morgan fingerprint density at radius 2 is 1.29 bits per heavy atom. The number of nitrogens with one attached hydrogen (secondary N) is 1. The first-order chi connectivity index (χ1) is 15.2. The minimum absolute atomic E-state index is 0.0916. The van der Waals surface area contributed by atoms with Gasteiger partial charge in [0.15, 0.2) is 5.78 Å². The standard InChI is InChI=1S/C26H27N3O2/c30-25(20-29-17-15-28(16-18-29)19-21-9-3-1-4-10-21)27-24-14-8-7-13-23(24)26(31)22-11-5-2-6-12-22/h1-14H,15-20H2,(H,27,30). The summed E-state index contributed by atoms with van der Waals surface area (Å²) >= 11 is 0. The van der Waals surface area contributed by atoms with E-state index in [1.807, 2.05) is 36.4 Å². The van der Waals surface area contributed by atoms with Crippen molar-refractivity contribution >= 4 is 17.4 Å². The highest BCUT2D eigenvalue weighted by Gasteiger charge is 2.20. The molecule has 0 radical (unpaired) electrons. The Morgan fingerprint density at radius 1 is 0.710 bits per heavy atom. The van der Waals surface area contributed by atoms with Crippen LogP contribution in [0.1, 0.15) is 21.5 Å². The highest BCUT2D eigenvalue weighted by Crippen LogP contribution is 2.19. The SMILES string of the molecule is O=C(CN1CCN(Cc2ccccc2)CC1)Nc1ccccc1C(=O)c1ccccc1. The summed E-state index contributed by atoms with van der Waals surface area (Å²) in [4.78, 5) is 30.1. The fourth-order valence-corrected chi connectivity index (χ4v) is 3.88. The average molecular weight is 414 g/mol. The molecule has 1 fully saturated rings. The van der Waals surface area contributed by atoms with E-state index < -0.39 is 0 Å². The molecule has 0 spiro atoms. The Balaban J connectivity index is 1.31. The van der Waals surface area contributed by atoms with Gasteiger partial charge in [-0.05, 0) is 17.7 Å². The van der Waals surface area contributed by atoms with Gasteiger partial charge in [-0.1, -0.05) is 72.8 Å². The molecule has 0 bridgehead atoms. The normalized spacial score (nSPS) is 14.8. The summed E-state index contributed by atoms with van der Waals surface area (Å²) in [6.45, 7) is 4.84. The molecule has 4 rings (SSSR count). The topological polar surface area (TPSA) is 52.7 Å². The summed E-state index contributed by atoms with van der Waals surface area (Å²) in [7, 11) is 0. The lowest BCUT2D eigenvalue weighted by Gasteiger charge is -2.34. The summed E-state index contributed by atoms with van der Waals surface area (Å²) in [5.41, 5.74) is 2.99. The quantitative estimate of drug-likeness (QED) is 0.601. The first-order valence-corrected chi connectivity index (χ1v) is 10.7. The number of amides is 1. The van der Waals surface area contributed by atoms with E-state index in [0.717, 1.165) is 32.7 Å². The van der Waals surface area contributed by atoms with Gasteiger partial charge in [0.2, 0.25) is 5.91 Å². The van der Waals surface area contributed by atoms with Crippen LogP contribution in [0.3, 0.4) is 0 Å². The summed E-state index contributed by atoms with van der Waals surface area (Å²) in [5, 5.41) is 2.94. The molecule has 0 aromatic heterocycles. The largest absolute Gasteiger partial charge is 0.324 e. The number of rotatable bonds is 7. The molecule has 0 saturated carbocycles. The van der Waals surface area contributed by atoms with E-state index in [4.69, 9.17) is 0 Å². The van der Waals surface area contributed by atoms with E-state index in [1.54, 1.807) is 24.3 Å². The van der Waals surface area contributed by atoms with Crippen LogP contribution in [0.2, 0.25) is 0 Å². The average Bonchev–Trinajstić information content (AvgIpc) is 2.81. The van der Waals surface area contributed by atoms with E-state index in [2.05, 4.69) is 39.4 Å². The summed E-state index contributed by atoms with van der Waals surface area (Å²) in [5.74, 6) is -0.184. The summed E-state index contributed by atoms with van der Waals surface area (Å²) < 4.78 is 0. The zero-order valence-corrected chi connectivity index (χ0v) is 17.5. The first-order valence-electron chi connectivity index (χ1n) is 10.7. The zero-order valence-electron chi connectivity index (χ0n) is 17.5. The maximum Gasteiger partial charge on any atom is 0.238 e. The molecule has 1 N–H and O–H groups in total. The van der Waals surface area contributed by atoms with Crippen LogP contribution in [0.4, 0.5) is 5.69 Å². The number of hydrogen-bond donors (Lipinski definition) is 1. The van der Waals surface area contributed by atoms with Crippen molar-refractivity contribution in [1.29, 1.82) is 0 Å². The predicted molar refractivity (Wildman–Crippen MR) is 123 cm³/mol. The number of hydrogen-bond acceptors (Lipinski definition) is 4. The molecule has 158 valence electrons. The van der Waals surface area contributed by atoms with Gasteiger partial charge in [0.25, 0.3) is 0 Å². The number of benzene rings is 3. The Kier molecular flexibility index (Phi) is 6.87. The summed E-state index contributed by atoms with van der Waals surface area (Å²) in [6, 6.07) is 26.8. The molecule has 3 aromatic carbocycles. The smallest absolute Gasteiger partial charge is 0.238 e. The van der Waals surface area contributed by atoms with Crippen LogP contribution < -0.4 is 5.32 Å². The number of para-hydroxylation sites is 1. The lowest BCUT2D eigenvalue weighted by Crippen LogP contribution is -2.48. The van der Waals surface area contributed by atoms with Crippen molar-refractivity contribution in [1.82, 2.24) is 9.80 Å². The molecule has 1 heterocycles. The van der Waals surface area contributed by atoms with Crippen LogP contribution in [0.5, 0.6) is 0 Å². The van der Waals surface area contributed by atoms with Crippen LogP contribution in [0.15, 0.2) is 84.9 Å². The molecule has 31 heavy (non-hydrogen) atoms. The van der Waals surface area contributed by atoms with Crippen LogP contribution >= 0.6 is 0 Å². The third-order valence-electron chi connectivity index (χ3n) is 5.56. The minimum Gasteiger partial charge on any atom is -0.324 e. The molecule has 1 saturated heterocycles. The second-order valence-electron chi connectivity index (χ2n) is 7.83. The first kappa shape index (κ1) is 21.0. The van der Waals surface area contributed by atoms with Gasteiger partial charge in [-0.3, -0.25) is 19.4 Å². The van der Waals surface area contributed by atoms with Gasteiger partial charge < -0.3 is 5.32 Å². The van der Waals surface area contributed by atoms with Crippen molar-refractivity contribution in [2.24, 2.45) is 0 Å². The maximum absolute atomic E-state index is 12.9. The number of carbonyl (C=O) groups is 2. The third kappa shape index (κ3) is 5.66. The van der Waals surface area contributed by atoms with E-state index in [-0.39, 0.29) is 11.7 Å². The van der Waals surface area contributed by atoms with Crippen molar-refractivity contribution in [3.05, 3.63) is 102 Å². The van der Waals surface area contributed by atoms with Crippen molar-refractivity contribution in [2.75, 3.05) is 38.0 Å². The van der Waals surface area contributed by atoms with Crippen molar-refractivity contribution in [2.45, 2.75) is 6.54 Å². The van der Waals surface area contributed by atoms with E-state index in [0.29, 0.717) is 23.4 Å². The number of anilines is 1. The molecule has 1 aliphatic heterocycles. The van der Waals surface area contributed by atoms with Crippen LogP contribution in [-0.2, 0) is 11.3 Å². The fraction of sp³-hybridized carbons (Fsp3) is 0.231. The maximum atomic E-state index is 12.9. The second-order valence-corrected chi connectivity index (χ2v) is 7.83. The molecule has 1 aliphatic rings. The number of nitrogens with zero attached hydrogens (tertiary/aromatic N) is 2. The lowest BCUT2D eigenvalue weighted by molar-refractivity contribution is -0.117. The van der Waals surface area contributed by atoms with Gasteiger partial charge >= 0.3 is 0 Å². The van der Waals surface area contributed by atoms with E-state index in [1.165, 1.54) is 5.56 Å². The molecular weight excluding hydrogens is 386 g/mol.